The van der Waals surface area contributed by atoms with Crippen LogP contribution in [0.15, 0.2) is 70.6 Å². The predicted molar refractivity (Wildman–Crippen MR) is 158 cm³/mol. The van der Waals surface area contributed by atoms with E-state index in [1.807, 2.05) is 12.1 Å². The molecule has 0 bridgehead atoms. The molecule has 196 valence electrons. The van der Waals surface area contributed by atoms with Crippen LogP contribution in [0.25, 0.3) is 16.3 Å². The normalized spacial score (nSPS) is 14.8. The summed E-state index contributed by atoms with van der Waals surface area (Å²) in [6, 6.07) is 12.6. The van der Waals surface area contributed by atoms with Gasteiger partial charge in [0.2, 0.25) is 5.52 Å². The van der Waals surface area contributed by atoms with Crippen molar-refractivity contribution < 1.29 is 14.0 Å². The molecule has 0 saturated carbocycles. The number of methoxy groups -OCH3 is 2. The van der Waals surface area contributed by atoms with Gasteiger partial charge in [-0.25, -0.2) is 0 Å². The van der Waals surface area contributed by atoms with Gasteiger partial charge in [0.25, 0.3) is 5.01 Å². The van der Waals surface area contributed by atoms with E-state index < -0.39 is 0 Å². The van der Waals surface area contributed by atoms with Crippen LogP contribution >= 0.6 is 23.1 Å². The standard InChI is InChI=1S/C29H37N4O2S2/c1-30(2)16-18-32-24-14-12-22(34-5)20-26(24)36-28(32)10-8-7-9-11-29-33(19-17-31(3)4)25-15-13-23(35-6)21-27(25)37-29/h7-15,20-21H,16-19H2,1-6H3/q+1. The van der Waals surface area contributed by atoms with Crippen molar-refractivity contribution in [3.05, 3.63) is 70.7 Å². The Labute approximate surface area is 229 Å². The second-order valence-corrected chi connectivity index (χ2v) is 11.5. The zero-order valence-electron chi connectivity index (χ0n) is 22.6. The lowest BCUT2D eigenvalue weighted by Crippen LogP contribution is -2.39. The topological polar surface area (TPSA) is 32.1 Å². The molecule has 0 spiro atoms. The number of fused-ring (bicyclic) bond motifs is 2. The maximum absolute atomic E-state index is 5.44. The Hall–Kier alpha value is -2.78. The van der Waals surface area contributed by atoms with Crippen LogP contribution in [0.4, 0.5) is 5.69 Å². The molecule has 0 atom stereocenters. The zero-order chi connectivity index (χ0) is 26.4. The van der Waals surface area contributed by atoms with E-state index in [4.69, 9.17) is 9.47 Å². The fourth-order valence-electron chi connectivity index (χ4n) is 4.07. The molecule has 37 heavy (non-hydrogen) atoms. The Bertz CT molecular complexity index is 1310. The van der Waals surface area contributed by atoms with Gasteiger partial charge in [0.15, 0.2) is 6.54 Å². The van der Waals surface area contributed by atoms with E-state index in [1.54, 1.807) is 37.3 Å². The highest BCUT2D eigenvalue weighted by atomic mass is 32.2. The molecule has 2 heterocycles. The molecular formula is C29H37N4O2S2+. The molecule has 8 heteroatoms. The summed E-state index contributed by atoms with van der Waals surface area (Å²) in [6.07, 6.45) is 10.8. The summed E-state index contributed by atoms with van der Waals surface area (Å²) in [5.41, 5.74) is 2.48. The number of ether oxygens (including phenoxy) is 2. The number of anilines is 1. The molecule has 0 N–H and O–H groups in total. The van der Waals surface area contributed by atoms with Crippen molar-refractivity contribution in [3.8, 4) is 11.5 Å². The van der Waals surface area contributed by atoms with Crippen LogP contribution in [0.5, 0.6) is 11.5 Å². The minimum atomic E-state index is 0.891. The van der Waals surface area contributed by atoms with Gasteiger partial charge in [-0.15, -0.1) is 0 Å². The molecule has 0 amide bonds. The number of nitrogens with zero attached hydrogens (tertiary/aromatic N) is 4. The van der Waals surface area contributed by atoms with Gasteiger partial charge >= 0.3 is 0 Å². The third kappa shape index (κ3) is 6.76. The van der Waals surface area contributed by atoms with Gasteiger partial charge in [0, 0.05) is 36.2 Å². The first-order valence-electron chi connectivity index (χ1n) is 12.4. The van der Waals surface area contributed by atoms with Gasteiger partial charge in [-0.3, -0.25) is 0 Å². The van der Waals surface area contributed by atoms with E-state index in [2.05, 4.69) is 102 Å². The maximum atomic E-state index is 5.44. The minimum absolute atomic E-state index is 0.891. The van der Waals surface area contributed by atoms with E-state index in [0.29, 0.717) is 0 Å². The predicted octanol–water partition coefficient (Wildman–Crippen LogP) is 5.35. The summed E-state index contributed by atoms with van der Waals surface area (Å²) in [4.78, 5) is 8.06. The summed E-state index contributed by atoms with van der Waals surface area (Å²) in [5.74, 6) is 1.78. The van der Waals surface area contributed by atoms with Crippen molar-refractivity contribution in [2.24, 2.45) is 0 Å². The quantitative estimate of drug-likeness (QED) is 0.242. The molecule has 1 aliphatic rings. The van der Waals surface area contributed by atoms with Crippen LogP contribution in [0.2, 0.25) is 0 Å². The second-order valence-electron chi connectivity index (χ2n) is 9.37. The summed E-state index contributed by atoms with van der Waals surface area (Å²) >= 11 is 3.59. The van der Waals surface area contributed by atoms with Crippen molar-refractivity contribution in [2.75, 3.05) is 66.9 Å². The van der Waals surface area contributed by atoms with Crippen LogP contribution in [0, 0.1) is 0 Å². The van der Waals surface area contributed by atoms with Gasteiger partial charge in [-0.1, -0.05) is 41.3 Å². The van der Waals surface area contributed by atoms with Crippen LogP contribution in [-0.4, -0.2) is 71.8 Å². The van der Waals surface area contributed by atoms with Crippen LogP contribution in [0.3, 0.4) is 0 Å². The molecule has 0 saturated heterocycles. The van der Waals surface area contributed by atoms with Crippen LogP contribution in [0.1, 0.15) is 5.01 Å². The van der Waals surface area contributed by atoms with Gasteiger partial charge in [0.1, 0.15) is 16.2 Å². The van der Waals surface area contributed by atoms with Gasteiger partial charge < -0.3 is 24.2 Å². The number of allylic oxidation sites excluding steroid dienone is 4. The highest BCUT2D eigenvalue weighted by molar-refractivity contribution is 8.03. The molecule has 3 aromatic rings. The van der Waals surface area contributed by atoms with Gasteiger partial charge in [-0.2, -0.15) is 4.57 Å². The first kappa shape index (κ1) is 27.3. The Balaban J connectivity index is 1.54. The molecule has 4 rings (SSSR count). The highest BCUT2D eigenvalue weighted by Crippen LogP contribution is 2.47. The monoisotopic (exact) mass is 537 g/mol. The fraction of sp³-hybridized carbons (Fsp3) is 0.345. The number of thioether (sulfide) groups is 1. The van der Waals surface area contributed by atoms with Crippen molar-refractivity contribution in [2.45, 2.75) is 11.4 Å². The molecule has 0 radical (unpaired) electrons. The Morgan fingerprint density at radius 3 is 2.35 bits per heavy atom. The Morgan fingerprint density at radius 2 is 1.62 bits per heavy atom. The zero-order valence-corrected chi connectivity index (χ0v) is 24.2. The maximum Gasteiger partial charge on any atom is 0.262 e. The van der Waals surface area contributed by atoms with Crippen molar-refractivity contribution in [3.63, 3.8) is 0 Å². The molecule has 0 unspecified atom stereocenters. The van der Waals surface area contributed by atoms with Crippen LogP contribution < -0.4 is 18.9 Å². The largest absolute Gasteiger partial charge is 0.497 e. The molecular weight excluding hydrogens is 500 g/mol. The van der Waals surface area contributed by atoms with Crippen molar-refractivity contribution >= 4 is 45.1 Å². The molecule has 0 aliphatic carbocycles. The number of likely N-dealkylation sites (N-methyl/N-ethyl adjacent to an activating group) is 2. The number of hydrogen-bond donors (Lipinski definition) is 0. The minimum Gasteiger partial charge on any atom is -0.497 e. The number of benzene rings is 2. The first-order chi connectivity index (χ1) is 17.9. The molecule has 2 aromatic carbocycles. The summed E-state index contributed by atoms with van der Waals surface area (Å²) in [6.45, 7) is 3.84. The van der Waals surface area contributed by atoms with Crippen molar-refractivity contribution in [1.82, 2.24) is 9.80 Å². The lowest BCUT2D eigenvalue weighted by atomic mass is 10.2. The van der Waals surface area contributed by atoms with E-state index in [-0.39, 0.29) is 0 Å². The fourth-order valence-corrected chi connectivity index (χ4v) is 6.33. The Kier molecular flexibility index (Phi) is 9.32. The average molecular weight is 538 g/mol. The summed E-state index contributed by atoms with van der Waals surface area (Å²) in [5, 5.41) is 2.45. The van der Waals surface area contributed by atoms with Crippen molar-refractivity contribution in [1.29, 1.82) is 0 Å². The molecule has 6 nitrogen and oxygen atoms in total. The second kappa shape index (κ2) is 12.6. The third-order valence-electron chi connectivity index (χ3n) is 6.12. The van der Waals surface area contributed by atoms with Gasteiger partial charge in [0.05, 0.1) is 31.5 Å². The molecule has 1 aromatic heterocycles. The Morgan fingerprint density at radius 1 is 0.892 bits per heavy atom. The molecule has 0 fully saturated rings. The van der Waals surface area contributed by atoms with E-state index in [9.17, 15) is 0 Å². The number of thiazole rings is 1. The van der Waals surface area contributed by atoms with E-state index >= 15 is 0 Å². The third-order valence-corrected chi connectivity index (χ3v) is 8.34. The molecule has 1 aliphatic heterocycles. The number of rotatable bonds is 11. The van der Waals surface area contributed by atoms with E-state index in [0.717, 1.165) is 37.7 Å². The SMILES string of the molecule is COc1ccc2c(c1)S\C(=C/C=C/C=C/c1sc3cc(OC)ccc3[n+]1CCN(C)C)N2CCN(C)C. The van der Waals surface area contributed by atoms with Gasteiger partial charge in [-0.05, 0) is 58.5 Å². The average Bonchev–Trinajstić information content (AvgIpc) is 3.41. The smallest absolute Gasteiger partial charge is 0.262 e. The van der Waals surface area contributed by atoms with Crippen LogP contribution in [-0.2, 0) is 6.54 Å². The lowest BCUT2D eigenvalue weighted by Gasteiger charge is -2.22. The van der Waals surface area contributed by atoms with E-state index in [1.165, 1.54) is 30.8 Å². The highest BCUT2D eigenvalue weighted by Gasteiger charge is 2.25. The number of aromatic nitrogens is 1. The number of hydrogen-bond acceptors (Lipinski definition) is 7. The summed E-state index contributed by atoms with van der Waals surface area (Å²) in [7, 11) is 11.9. The summed E-state index contributed by atoms with van der Waals surface area (Å²) < 4.78 is 14.5. The lowest BCUT2D eigenvalue weighted by molar-refractivity contribution is -0.668. The first-order valence-corrected chi connectivity index (χ1v) is 14.0.